The molecule has 2 atom stereocenters. The van der Waals surface area contributed by atoms with E-state index in [1.165, 1.54) is 48.5 Å². The van der Waals surface area contributed by atoms with Gasteiger partial charge in [-0.2, -0.15) is 0 Å². The van der Waals surface area contributed by atoms with Gasteiger partial charge in [-0.1, -0.05) is 12.1 Å². The molecule has 0 spiro atoms. The molecule has 1 aromatic heterocycles. The Labute approximate surface area is 200 Å². The maximum Gasteiger partial charge on any atom is 0.342 e. The van der Waals surface area contributed by atoms with Gasteiger partial charge in [-0.25, -0.2) is 13.6 Å². The maximum absolute atomic E-state index is 13.5. The molecular weight excluding hydrogens is 456 g/mol. The van der Waals surface area contributed by atoms with Gasteiger partial charge in [0, 0.05) is 34.8 Å². The van der Waals surface area contributed by atoms with E-state index in [4.69, 9.17) is 9.15 Å². The van der Waals surface area contributed by atoms with Gasteiger partial charge in [-0.3, -0.25) is 0 Å². The first-order valence-electron chi connectivity index (χ1n) is 11.2. The van der Waals surface area contributed by atoms with Gasteiger partial charge in [0.2, 0.25) is 0 Å². The van der Waals surface area contributed by atoms with Gasteiger partial charge in [0.05, 0.1) is 18.8 Å². The number of aliphatic hydroxyl groups excluding tert-OH is 2. The zero-order valence-electron chi connectivity index (χ0n) is 19.2. The highest BCUT2D eigenvalue weighted by molar-refractivity contribution is 6.09. The van der Waals surface area contributed by atoms with Gasteiger partial charge in [0.25, 0.3) is 0 Å². The predicted molar refractivity (Wildman–Crippen MR) is 128 cm³/mol. The SMILES string of the molecule is CCOC(=O)c1c(-c2ccc(F)cc2)oc2cc(NCC(O)c3ccc(F)cc3)c(C(C)O)cc12. The maximum atomic E-state index is 13.5. The average Bonchev–Trinajstić information content (AvgIpc) is 3.21. The minimum Gasteiger partial charge on any atom is -0.462 e. The summed E-state index contributed by atoms with van der Waals surface area (Å²) in [5, 5.41) is 24.5. The number of carbonyl (C=O) groups is 1. The van der Waals surface area contributed by atoms with Crippen molar-refractivity contribution in [2.24, 2.45) is 0 Å². The molecule has 0 saturated carbocycles. The summed E-state index contributed by atoms with van der Waals surface area (Å²) in [6.45, 7) is 3.49. The van der Waals surface area contributed by atoms with E-state index in [-0.39, 0.29) is 24.5 Å². The summed E-state index contributed by atoms with van der Waals surface area (Å²) in [5.41, 5.74) is 2.50. The summed E-state index contributed by atoms with van der Waals surface area (Å²) < 4.78 is 37.9. The van der Waals surface area contributed by atoms with Crippen LogP contribution in [-0.2, 0) is 4.74 Å². The van der Waals surface area contributed by atoms with E-state index in [2.05, 4.69) is 5.32 Å². The number of esters is 1. The molecule has 0 bridgehead atoms. The highest BCUT2D eigenvalue weighted by Crippen LogP contribution is 2.38. The molecule has 0 amide bonds. The third kappa shape index (κ3) is 5.18. The largest absolute Gasteiger partial charge is 0.462 e. The molecule has 35 heavy (non-hydrogen) atoms. The lowest BCUT2D eigenvalue weighted by atomic mass is 10.0. The first kappa shape index (κ1) is 24.4. The van der Waals surface area contributed by atoms with Crippen molar-refractivity contribution in [3.8, 4) is 11.3 Å². The number of benzene rings is 3. The molecule has 0 fully saturated rings. The summed E-state index contributed by atoms with van der Waals surface area (Å²) in [5.74, 6) is -1.21. The number of rotatable bonds is 8. The summed E-state index contributed by atoms with van der Waals surface area (Å²) in [6.07, 6.45) is -1.85. The van der Waals surface area contributed by atoms with Gasteiger partial charge in [0.1, 0.15) is 28.5 Å². The first-order chi connectivity index (χ1) is 16.8. The topological polar surface area (TPSA) is 91.9 Å². The van der Waals surface area contributed by atoms with Crippen molar-refractivity contribution >= 4 is 22.6 Å². The molecule has 0 aliphatic heterocycles. The Kier molecular flexibility index (Phi) is 7.14. The molecular formula is C27H25F2NO5. The lowest BCUT2D eigenvalue weighted by Crippen LogP contribution is -2.14. The van der Waals surface area contributed by atoms with Crippen LogP contribution in [0.25, 0.3) is 22.3 Å². The monoisotopic (exact) mass is 481 g/mol. The Morgan fingerprint density at radius 1 is 1.03 bits per heavy atom. The Morgan fingerprint density at radius 3 is 2.26 bits per heavy atom. The zero-order valence-corrected chi connectivity index (χ0v) is 19.2. The fraction of sp³-hybridized carbons (Fsp3) is 0.222. The smallest absolute Gasteiger partial charge is 0.342 e. The Bertz CT molecular complexity index is 1330. The lowest BCUT2D eigenvalue weighted by Gasteiger charge is -2.17. The van der Waals surface area contributed by atoms with Crippen molar-refractivity contribution < 1.29 is 32.9 Å². The molecule has 182 valence electrons. The van der Waals surface area contributed by atoms with E-state index >= 15 is 0 Å². The lowest BCUT2D eigenvalue weighted by molar-refractivity contribution is 0.0528. The van der Waals surface area contributed by atoms with Crippen molar-refractivity contribution in [1.82, 2.24) is 0 Å². The zero-order chi connectivity index (χ0) is 25.1. The number of fused-ring (bicyclic) bond motifs is 1. The van der Waals surface area contributed by atoms with Crippen LogP contribution in [0.1, 0.15) is 47.5 Å². The second kappa shape index (κ2) is 10.2. The number of aliphatic hydroxyl groups is 2. The molecule has 0 aliphatic carbocycles. The molecule has 3 aromatic carbocycles. The van der Waals surface area contributed by atoms with Crippen LogP contribution < -0.4 is 5.32 Å². The first-order valence-corrected chi connectivity index (χ1v) is 11.2. The summed E-state index contributed by atoms with van der Waals surface area (Å²) in [4.78, 5) is 12.8. The van der Waals surface area contributed by atoms with Crippen LogP contribution in [0.5, 0.6) is 0 Å². The number of nitrogens with one attached hydrogen (secondary N) is 1. The normalized spacial score (nSPS) is 13.0. The standard InChI is InChI=1S/C27H25F2NO5/c1-3-34-27(33)25-21-12-20(15(2)31)22(30-14-23(32)16-4-8-18(28)9-5-16)13-24(21)35-26(25)17-6-10-19(29)11-7-17/h4-13,15,23,30-32H,3,14H2,1-2H3. The number of furan rings is 1. The fourth-order valence-electron chi connectivity index (χ4n) is 3.88. The molecule has 0 aliphatic rings. The van der Waals surface area contributed by atoms with Crippen molar-refractivity contribution in [2.45, 2.75) is 26.1 Å². The van der Waals surface area contributed by atoms with Crippen molar-refractivity contribution in [3.05, 3.63) is 89.0 Å². The minimum atomic E-state index is -0.936. The number of ether oxygens (including phenoxy) is 1. The minimum absolute atomic E-state index is 0.0765. The van der Waals surface area contributed by atoms with Gasteiger partial charge in [-0.05, 0) is 61.9 Å². The van der Waals surface area contributed by atoms with E-state index < -0.39 is 29.8 Å². The molecule has 8 heteroatoms. The molecule has 2 unspecified atom stereocenters. The second-order valence-electron chi connectivity index (χ2n) is 8.09. The van der Waals surface area contributed by atoms with Crippen LogP contribution in [0, 0.1) is 11.6 Å². The number of carbonyl (C=O) groups excluding carboxylic acids is 1. The Balaban J connectivity index is 1.76. The van der Waals surface area contributed by atoms with Crippen LogP contribution in [0.2, 0.25) is 0 Å². The highest BCUT2D eigenvalue weighted by Gasteiger charge is 2.25. The van der Waals surface area contributed by atoms with E-state index in [1.54, 1.807) is 26.0 Å². The molecule has 0 saturated heterocycles. The van der Waals surface area contributed by atoms with Gasteiger partial charge in [0.15, 0.2) is 0 Å². The van der Waals surface area contributed by atoms with Crippen molar-refractivity contribution in [3.63, 3.8) is 0 Å². The van der Waals surface area contributed by atoms with Crippen molar-refractivity contribution in [2.75, 3.05) is 18.5 Å². The van der Waals surface area contributed by atoms with Crippen LogP contribution >= 0.6 is 0 Å². The summed E-state index contributed by atoms with van der Waals surface area (Å²) in [6, 6.07) is 14.3. The third-order valence-corrected chi connectivity index (χ3v) is 5.64. The van der Waals surface area contributed by atoms with Crippen LogP contribution in [-0.4, -0.2) is 29.3 Å². The Hall–Kier alpha value is -3.75. The summed E-state index contributed by atoms with van der Waals surface area (Å²) >= 11 is 0. The average molecular weight is 481 g/mol. The third-order valence-electron chi connectivity index (χ3n) is 5.64. The second-order valence-corrected chi connectivity index (χ2v) is 8.09. The number of anilines is 1. The molecule has 4 rings (SSSR count). The van der Waals surface area contributed by atoms with Crippen LogP contribution in [0.3, 0.4) is 0 Å². The van der Waals surface area contributed by atoms with E-state index in [9.17, 15) is 23.8 Å². The van der Waals surface area contributed by atoms with Gasteiger partial charge in [-0.15, -0.1) is 0 Å². The van der Waals surface area contributed by atoms with Gasteiger partial charge >= 0.3 is 5.97 Å². The number of halogens is 2. The number of hydrogen-bond donors (Lipinski definition) is 3. The van der Waals surface area contributed by atoms with E-state index in [1.807, 2.05) is 0 Å². The van der Waals surface area contributed by atoms with E-state index in [0.717, 1.165) is 0 Å². The molecule has 0 radical (unpaired) electrons. The fourth-order valence-corrected chi connectivity index (χ4v) is 3.88. The quantitative estimate of drug-likeness (QED) is 0.278. The molecule has 4 aromatic rings. The Morgan fingerprint density at radius 2 is 1.66 bits per heavy atom. The highest BCUT2D eigenvalue weighted by atomic mass is 19.1. The predicted octanol–water partition coefficient (Wildman–Crippen LogP) is 5.75. The van der Waals surface area contributed by atoms with Crippen molar-refractivity contribution in [1.29, 1.82) is 0 Å². The molecule has 1 heterocycles. The molecule has 6 nitrogen and oxygen atoms in total. The van der Waals surface area contributed by atoms with E-state index in [0.29, 0.717) is 33.3 Å². The molecule has 3 N–H and O–H groups in total. The summed E-state index contributed by atoms with van der Waals surface area (Å²) in [7, 11) is 0. The van der Waals surface area contributed by atoms with Crippen LogP contribution in [0.15, 0.2) is 65.1 Å². The van der Waals surface area contributed by atoms with Crippen LogP contribution in [0.4, 0.5) is 14.5 Å². The number of hydrogen-bond acceptors (Lipinski definition) is 6. The van der Waals surface area contributed by atoms with Gasteiger partial charge < -0.3 is 24.7 Å².